The van der Waals surface area contributed by atoms with E-state index in [1.54, 1.807) is 0 Å². The SMILES string of the molecule is C[C@@]12C(=O)N(c3ccc4ccccc4c3)C(=O)[C@H]1C1c3ccccc3C2c2ccccc21. The van der Waals surface area contributed by atoms with E-state index in [1.165, 1.54) is 27.2 Å². The third-order valence-corrected chi connectivity index (χ3v) is 8.00. The maximum atomic E-state index is 14.1. The largest absolute Gasteiger partial charge is 0.274 e. The van der Waals surface area contributed by atoms with E-state index in [1.807, 2.05) is 73.7 Å². The summed E-state index contributed by atoms with van der Waals surface area (Å²) >= 11 is 0. The maximum absolute atomic E-state index is 14.1. The van der Waals surface area contributed by atoms with Crippen molar-refractivity contribution in [3.63, 3.8) is 0 Å². The minimum absolute atomic E-state index is 0.0770. The molecule has 1 fully saturated rings. The molecule has 0 N–H and O–H groups in total. The molecular weight excluding hydrogens is 394 g/mol. The molecule has 3 aliphatic carbocycles. The van der Waals surface area contributed by atoms with Crippen molar-refractivity contribution >= 4 is 28.3 Å². The smallest absolute Gasteiger partial charge is 0.241 e. The predicted molar refractivity (Wildman–Crippen MR) is 125 cm³/mol. The number of hydrogen-bond acceptors (Lipinski definition) is 2. The Morgan fingerprint density at radius 2 is 1.25 bits per heavy atom. The van der Waals surface area contributed by atoms with E-state index in [-0.39, 0.29) is 23.7 Å². The van der Waals surface area contributed by atoms with Crippen molar-refractivity contribution in [2.24, 2.45) is 11.3 Å². The predicted octanol–water partition coefficient (Wildman–Crippen LogP) is 5.63. The Bertz CT molecular complexity index is 1420. The van der Waals surface area contributed by atoms with Crippen molar-refractivity contribution in [2.75, 3.05) is 4.90 Å². The third kappa shape index (κ3) is 1.97. The van der Waals surface area contributed by atoms with E-state index >= 15 is 0 Å². The summed E-state index contributed by atoms with van der Waals surface area (Å²) in [5.41, 5.74) is 4.64. The molecule has 0 aromatic heterocycles. The van der Waals surface area contributed by atoms with Crippen molar-refractivity contribution in [2.45, 2.75) is 18.8 Å². The van der Waals surface area contributed by atoms with Crippen LogP contribution in [0.5, 0.6) is 0 Å². The van der Waals surface area contributed by atoms with Crippen molar-refractivity contribution < 1.29 is 9.59 Å². The molecule has 2 amide bonds. The van der Waals surface area contributed by atoms with Gasteiger partial charge in [0.15, 0.2) is 0 Å². The van der Waals surface area contributed by atoms with Gasteiger partial charge < -0.3 is 0 Å². The Hall–Kier alpha value is -3.72. The highest BCUT2D eigenvalue weighted by Gasteiger charge is 2.68. The van der Waals surface area contributed by atoms with Crippen LogP contribution in [-0.4, -0.2) is 11.8 Å². The van der Waals surface area contributed by atoms with Gasteiger partial charge in [0, 0.05) is 11.8 Å². The van der Waals surface area contributed by atoms with Gasteiger partial charge in [-0.05, 0) is 52.1 Å². The van der Waals surface area contributed by atoms with Crippen LogP contribution in [0.4, 0.5) is 5.69 Å². The van der Waals surface area contributed by atoms with Gasteiger partial charge >= 0.3 is 0 Å². The number of hydrogen-bond donors (Lipinski definition) is 0. The van der Waals surface area contributed by atoms with Gasteiger partial charge in [0.1, 0.15) is 0 Å². The van der Waals surface area contributed by atoms with E-state index in [2.05, 4.69) is 24.3 Å². The molecule has 1 aliphatic heterocycles. The van der Waals surface area contributed by atoms with Crippen LogP contribution in [0.15, 0.2) is 91.0 Å². The minimum atomic E-state index is -0.796. The summed E-state index contributed by atoms with van der Waals surface area (Å²) in [6.07, 6.45) is 0. The highest BCUT2D eigenvalue weighted by Crippen LogP contribution is 2.67. The monoisotopic (exact) mass is 415 g/mol. The summed E-state index contributed by atoms with van der Waals surface area (Å²) in [6, 6.07) is 30.6. The molecule has 0 unspecified atom stereocenters. The lowest BCUT2D eigenvalue weighted by molar-refractivity contribution is -0.128. The Balaban J connectivity index is 1.46. The lowest BCUT2D eigenvalue weighted by Gasteiger charge is -2.51. The van der Waals surface area contributed by atoms with Crippen LogP contribution in [0.25, 0.3) is 10.8 Å². The number of nitrogens with zero attached hydrogens (tertiary/aromatic N) is 1. The molecule has 3 nitrogen and oxygen atoms in total. The second kappa shape index (κ2) is 5.95. The lowest BCUT2D eigenvalue weighted by Crippen LogP contribution is -2.49. The first-order valence-corrected chi connectivity index (χ1v) is 11.2. The number of carbonyl (C=O) groups is 2. The topological polar surface area (TPSA) is 37.4 Å². The Morgan fingerprint density at radius 3 is 1.91 bits per heavy atom. The van der Waals surface area contributed by atoms with E-state index in [0.717, 1.165) is 10.8 Å². The van der Waals surface area contributed by atoms with Crippen molar-refractivity contribution in [1.29, 1.82) is 0 Å². The fourth-order valence-electron chi connectivity index (χ4n) is 6.68. The van der Waals surface area contributed by atoms with Crippen LogP contribution < -0.4 is 4.90 Å². The van der Waals surface area contributed by atoms with E-state index in [0.29, 0.717) is 5.69 Å². The molecule has 4 aliphatic rings. The Labute approximate surface area is 186 Å². The van der Waals surface area contributed by atoms with Crippen LogP contribution in [-0.2, 0) is 9.59 Å². The van der Waals surface area contributed by atoms with Crippen LogP contribution in [0, 0.1) is 11.3 Å². The third-order valence-electron chi connectivity index (χ3n) is 8.00. The first kappa shape index (κ1) is 17.9. The number of fused-ring (bicyclic) bond motifs is 1. The fraction of sp³-hybridized carbons (Fsp3) is 0.172. The Kier molecular flexibility index (Phi) is 3.33. The first-order valence-electron chi connectivity index (χ1n) is 11.2. The molecule has 0 spiro atoms. The second-order valence-corrected chi connectivity index (χ2v) is 9.44. The maximum Gasteiger partial charge on any atom is 0.241 e. The summed E-state index contributed by atoms with van der Waals surface area (Å²) in [6.45, 7) is 2.02. The molecule has 8 rings (SSSR count). The molecule has 1 saturated heterocycles. The number of imide groups is 1. The normalized spacial score (nSPS) is 27.4. The van der Waals surface area contributed by atoms with E-state index in [4.69, 9.17) is 0 Å². The quantitative estimate of drug-likeness (QED) is 0.378. The number of carbonyl (C=O) groups excluding carboxylic acids is 2. The molecule has 0 saturated carbocycles. The van der Waals surface area contributed by atoms with Crippen LogP contribution in [0.1, 0.15) is 41.0 Å². The number of benzene rings is 4. The van der Waals surface area contributed by atoms with Gasteiger partial charge in [-0.1, -0.05) is 78.9 Å². The zero-order valence-electron chi connectivity index (χ0n) is 17.7. The zero-order chi connectivity index (χ0) is 21.6. The van der Waals surface area contributed by atoms with Gasteiger partial charge in [-0.15, -0.1) is 0 Å². The van der Waals surface area contributed by atoms with Crippen molar-refractivity contribution in [3.8, 4) is 0 Å². The molecule has 3 heteroatoms. The first-order chi connectivity index (χ1) is 15.6. The zero-order valence-corrected chi connectivity index (χ0v) is 17.7. The highest BCUT2D eigenvalue weighted by atomic mass is 16.2. The summed E-state index contributed by atoms with van der Waals surface area (Å²) < 4.78 is 0. The standard InChI is InChI=1S/C29H21NO2/c1-29-25-22-12-6-4-10-20(22)24(21-11-5-7-13-23(21)25)26(29)27(31)30(28(29)32)19-15-14-17-8-2-3-9-18(17)16-19/h2-16,24-26H,1H3/t24?,25?,26-,29+/m1/s1. The molecule has 0 radical (unpaired) electrons. The average molecular weight is 415 g/mol. The number of rotatable bonds is 1. The van der Waals surface area contributed by atoms with Crippen molar-refractivity contribution in [3.05, 3.63) is 113 Å². The van der Waals surface area contributed by atoms with E-state index < -0.39 is 11.3 Å². The molecule has 4 aromatic carbocycles. The van der Waals surface area contributed by atoms with Gasteiger partial charge in [0.05, 0.1) is 17.0 Å². The molecule has 32 heavy (non-hydrogen) atoms. The summed E-state index contributed by atoms with van der Waals surface area (Å²) in [5, 5.41) is 2.12. The average Bonchev–Trinajstić information content (AvgIpc) is 3.04. The van der Waals surface area contributed by atoms with Gasteiger partial charge in [-0.2, -0.15) is 0 Å². The molecule has 2 bridgehead atoms. The van der Waals surface area contributed by atoms with Gasteiger partial charge in [-0.25, -0.2) is 4.90 Å². The summed E-state index contributed by atoms with van der Waals surface area (Å²) in [5.74, 6) is -0.768. The van der Waals surface area contributed by atoms with Crippen LogP contribution >= 0.6 is 0 Å². The van der Waals surface area contributed by atoms with Gasteiger partial charge in [0.2, 0.25) is 11.8 Å². The number of anilines is 1. The van der Waals surface area contributed by atoms with Crippen LogP contribution in [0.3, 0.4) is 0 Å². The highest BCUT2D eigenvalue weighted by molar-refractivity contribution is 6.25. The molecular formula is C29H21NO2. The lowest BCUT2D eigenvalue weighted by atomic mass is 9.48. The molecule has 4 aromatic rings. The molecule has 2 atom stereocenters. The number of amides is 2. The molecule has 154 valence electrons. The van der Waals surface area contributed by atoms with Gasteiger partial charge in [-0.3, -0.25) is 9.59 Å². The summed E-state index contributed by atoms with van der Waals surface area (Å²) in [4.78, 5) is 29.6. The molecule has 1 heterocycles. The van der Waals surface area contributed by atoms with Crippen molar-refractivity contribution in [1.82, 2.24) is 0 Å². The Morgan fingerprint density at radius 1 is 0.688 bits per heavy atom. The fourth-order valence-corrected chi connectivity index (χ4v) is 6.68. The van der Waals surface area contributed by atoms with Crippen LogP contribution in [0.2, 0.25) is 0 Å². The second-order valence-electron chi connectivity index (χ2n) is 9.44. The van der Waals surface area contributed by atoms with E-state index in [9.17, 15) is 9.59 Å². The van der Waals surface area contributed by atoms with Gasteiger partial charge in [0.25, 0.3) is 0 Å². The summed E-state index contributed by atoms with van der Waals surface area (Å²) in [7, 11) is 0. The minimum Gasteiger partial charge on any atom is -0.274 e.